The van der Waals surface area contributed by atoms with Gasteiger partial charge in [0.2, 0.25) is 0 Å². The van der Waals surface area contributed by atoms with Crippen LogP contribution in [0.4, 0.5) is 4.39 Å². The number of benzene rings is 1. The Kier molecular flexibility index (Phi) is 3.47. The SMILES string of the molecule is O=C(O)C=Cc1cc(F)ccc1Cn1cncn1. The van der Waals surface area contributed by atoms with Crippen molar-refractivity contribution in [2.75, 3.05) is 0 Å². The first-order valence-corrected chi connectivity index (χ1v) is 5.17. The number of nitrogens with zero attached hydrogens (tertiary/aromatic N) is 3. The van der Waals surface area contributed by atoms with E-state index in [1.165, 1.54) is 30.9 Å². The highest BCUT2D eigenvalue weighted by Crippen LogP contribution is 2.14. The van der Waals surface area contributed by atoms with Crippen molar-refractivity contribution < 1.29 is 14.3 Å². The summed E-state index contributed by atoms with van der Waals surface area (Å²) in [5.74, 6) is -1.49. The van der Waals surface area contributed by atoms with Crippen molar-refractivity contribution in [2.45, 2.75) is 6.54 Å². The Hall–Kier alpha value is -2.50. The molecule has 1 N–H and O–H groups in total. The molecule has 0 saturated heterocycles. The molecule has 0 radical (unpaired) electrons. The molecule has 0 aliphatic carbocycles. The van der Waals surface area contributed by atoms with E-state index < -0.39 is 11.8 Å². The van der Waals surface area contributed by atoms with Gasteiger partial charge in [-0.25, -0.2) is 18.9 Å². The van der Waals surface area contributed by atoms with Crippen LogP contribution in [0.3, 0.4) is 0 Å². The fourth-order valence-electron chi connectivity index (χ4n) is 1.51. The Balaban J connectivity index is 2.31. The minimum absolute atomic E-state index is 0.402. The number of carboxylic acids is 1. The molecule has 6 heteroatoms. The van der Waals surface area contributed by atoms with Crippen molar-refractivity contribution in [3.05, 3.63) is 53.9 Å². The predicted molar refractivity (Wildman–Crippen MR) is 62.2 cm³/mol. The molecule has 1 aromatic heterocycles. The van der Waals surface area contributed by atoms with Gasteiger partial charge in [-0.2, -0.15) is 5.10 Å². The zero-order chi connectivity index (χ0) is 13.0. The van der Waals surface area contributed by atoms with E-state index >= 15 is 0 Å². The fourth-order valence-corrected chi connectivity index (χ4v) is 1.51. The van der Waals surface area contributed by atoms with Crippen LogP contribution < -0.4 is 0 Å². The summed E-state index contributed by atoms with van der Waals surface area (Å²) < 4.78 is 14.7. The van der Waals surface area contributed by atoms with Crippen LogP contribution in [-0.2, 0) is 11.3 Å². The zero-order valence-electron chi connectivity index (χ0n) is 9.32. The number of aromatic nitrogens is 3. The molecule has 0 unspecified atom stereocenters. The summed E-state index contributed by atoms with van der Waals surface area (Å²) >= 11 is 0. The summed E-state index contributed by atoms with van der Waals surface area (Å²) in [7, 11) is 0. The van der Waals surface area contributed by atoms with Gasteiger partial charge >= 0.3 is 5.97 Å². The maximum Gasteiger partial charge on any atom is 0.328 e. The molecule has 0 fully saturated rings. The number of carboxylic acid groups (broad SMARTS) is 1. The van der Waals surface area contributed by atoms with Crippen LogP contribution in [0.25, 0.3) is 6.08 Å². The van der Waals surface area contributed by atoms with Crippen LogP contribution >= 0.6 is 0 Å². The van der Waals surface area contributed by atoms with Crippen LogP contribution in [0.1, 0.15) is 11.1 Å². The highest BCUT2D eigenvalue weighted by Gasteiger charge is 2.04. The maximum absolute atomic E-state index is 13.1. The largest absolute Gasteiger partial charge is 0.478 e. The second-order valence-corrected chi connectivity index (χ2v) is 3.61. The topological polar surface area (TPSA) is 68.0 Å². The average molecular weight is 247 g/mol. The van der Waals surface area contributed by atoms with E-state index in [1.807, 2.05) is 0 Å². The number of aliphatic carboxylic acids is 1. The van der Waals surface area contributed by atoms with E-state index in [2.05, 4.69) is 10.1 Å². The van der Waals surface area contributed by atoms with Crippen LogP contribution in [-0.4, -0.2) is 25.8 Å². The van der Waals surface area contributed by atoms with Gasteiger partial charge in [0.1, 0.15) is 18.5 Å². The molecule has 0 amide bonds. The van der Waals surface area contributed by atoms with Crippen molar-refractivity contribution in [3.8, 4) is 0 Å². The van der Waals surface area contributed by atoms with Crippen molar-refractivity contribution in [1.82, 2.24) is 14.8 Å². The molecule has 0 aliphatic rings. The van der Waals surface area contributed by atoms with Gasteiger partial charge in [0.15, 0.2) is 0 Å². The molecule has 92 valence electrons. The molecule has 0 atom stereocenters. The van der Waals surface area contributed by atoms with E-state index in [9.17, 15) is 9.18 Å². The van der Waals surface area contributed by atoms with Gasteiger partial charge in [-0.1, -0.05) is 6.07 Å². The second kappa shape index (κ2) is 5.22. The molecule has 0 spiro atoms. The summed E-state index contributed by atoms with van der Waals surface area (Å²) in [6, 6.07) is 4.20. The summed E-state index contributed by atoms with van der Waals surface area (Å²) in [6.07, 6.45) is 5.27. The lowest BCUT2D eigenvalue weighted by atomic mass is 10.1. The van der Waals surface area contributed by atoms with Crippen LogP contribution in [0.2, 0.25) is 0 Å². The first-order chi connectivity index (χ1) is 8.65. The highest BCUT2D eigenvalue weighted by molar-refractivity contribution is 5.85. The van der Waals surface area contributed by atoms with Gasteiger partial charge in [0, 0.05) is 6.08 Å². The van der Waals surface area contributed by atoms with E-state index in [-0.39, 0.29) is 0 Å². The highest BCUT2D eigenvalue weighted by atomic mass is 19.1. The molecular formula is C12H10FN3O2. The second-order valence-electron chi connectivity index (χ2n) is 3.61. The Morgan fingerprint density at radius 2 is 2.33 bits per heavy atom. The third-order valence-corrected chi connectivity index (χ3v) is 2.31. The lowest BCUT2D eigenvalue weighted by Gasteiger charge is -2.06. The normalized spacial score (nSPS) is 10.9. The molecule has 5 nitrogen and oxygen atoms in total. The molecule has 0 aliphatic heterocycles. The van der Waals surface area contributed by atoms with Gasteiger partial charge in [-0.15, -0.1) is 0 Å². The summed E-state index contributed by atoms with van der Waals surface area (Å²) in [5, 5.41) is 12.5. The molecular weight excluding hydrogens is 237 g/mol. The van der Waals surface area contributed by atoms with Crippen molar-refractivity contribution in [3.63, 3.8) is 0 Å². The Bertz CT molecular complexity index is 579. The van der Waals surface area contributed by atoms with E-state index in [4.69, 9.17) is 5.11 Å². The van der Waals surface area contributed by atoms with E-state index in [1.54, 1.807) is 10.7 Å². The summed E-state index contributed by atoms with van der Waals surface area (Å²) in [4.78, 5) is 14.3. The Labute approximate surface area is 102 Å². The van der Waals surface area contributed by atoms with Gasteiger partial charge in [-0.3, -0.25) is 0 Å². The van der Waals surface area contributed by atoms with Gasteiger partial charge < -0.3 is 5.11 Å². The molecule has 18 heavy (non-hydrogen) atoms. The molecule has 0 saturated carbocycles. The molecule has 1 heterocycles. The van der Waals surface area contributed by atoms with Gasteiger partial charge in [-0.05, 0) is 29.3 Å². The minimum Gasteiger partial charge on any atom is -0.478 e. The van der Waals surface area contributed by atoms with Crippen LogP contribution in [0.5, 0.6) is 0 Å². The Morgan fingerprint density at radius 3 is 3.00 bits per heavy atom. The van der Waals surface area contributed by atoms with Crippen LogP contribution in [0, 0.1) is 5.82 Å². The third-order valence-electron chi connectivity index (χ3n) is 2.31. The Morgan fingerprint density at radius 1 is 1.50 bits per heavy atom. The van der Waals surface area contributed by atoms with Crippen molar-refractivity contribution in [2.24, 2.45) is 0 Å². The summed E-state index contributed by atoms with van der Waals surface area (Å²) in [5.41, 5.74) is 1.27. The number of hydrogen-bond acceptors (Lipinski definition) is 3. The number of rotatable bonds is 4. The summed E-state index contributed by atoms with van der Waals surface area (Å²) in [6.45, 7) is 0.402. The smallest absolute Gasteiger partial charge is 0.328 e. The lowest BCUT2D eigenvalue weighted by Crippen LogP contribution is -2.02. The number of hydrogen-bond donors (Lipinski definition) is 1. The molecule has 2 rings (SSSR count). The molecule has 1 aromatic carbocycles. The average Bonchev–Trinajstić information content (AvgIpc) is 2.82. The number of carbonyl (C=O) groups is 1. The number of halogens is 1. The van der Waals surface area contributed by atoms with Gasteiger partial charge in [0.25, 0.3) is 0 Å². The molecule has 0 bridgehead atoms. The fraction of sp³-hybridized carbons (Fsp3) is 0.0833. The lowest BCUT2D eigenvalue weighted by molar-refractivity contribution is -0.131. The van der Waals surface area contributed by atoms with Crippen molar-refractivity contribution >= 4 is 12.0 Å². The third kappa shape index (κ3) is 3.00. The first-order valence-electron chi connectivity index (χ1n) is 5.17. The standard InChI is InChI=1S/C12H10FN3O2/c13-11-3-1-10(6-16-8-14-7-15-16)9(5-11)2-4-12(17)18/h1-5,7-8H,6H2,(H,17,18). The monoisotopic (exact) mass is 247 g/mol. The minimum atomic E-state index is -1.08. The predicted octanol–water partition coefficient (Wildman–Crippen LogP) is 1.56. The van der Waals surface area contributed by atoms with E-state index in [0.717, 1.165) is 11.6 Å². The first kappa shape index (κ1) is 12.0. The molecule has 2 aromatic rings. The van der Waals surface area contributed by atoms with E-state index in [0.29, 0.717) is 12.1 Å². The zero-order valence-corrected chi connectivity index (χ0v) is 9.32. The van der Waals surface area contributed by atoms with Crippen LogP contribution in [0.15, 0.2) is 36.9 Å². The maximum atomic E-state index is 13.1. The quantitative estimate of drug-likeness (QED) is 0.832. The van der Waals surface area contributed by atoms with Crippen molar-refractivity contribution in [1.29, 1.82) is 0 Å². The van der Waals surface area contributed by atoms with Gasteiger partial charge in [0.05, 0.1) is 6.54 Å².